The minimum atomic E-state index is -5.08. The molecule has 0 aliphatic carbocycles. The van der Waals surface area contributed by atoms with Gasteiger partial charge in [0.1, 0.15) is 11.3 Å². The van der Waals surface area contributed by atoms with Gasteiger partial charge in [-0.25, -0.2) is 19.6 Å². The molecule has 2 saturated heterocycles. The summed E-state index contributed by atoms with van der Waals surface area (Å²) in [5.41, 5.74) is 0.336. The predicted molar refractivity (Wildman–Crippen MR) is 119 cm³/mol. The summed E-state index contributed by atoms with van der Waals surface area (Å²) in [6, 6.07) is 7.20. The molecule has 1 spiro atoms. The third-order valence-corrected chi connectivity index (χ3v) is 5.36. The van der Waals surface area contributed by atoms with Crippen LogP contribution in [0, 0.1) is 5.92 Å². The third kappa shape index (κ3) is 9.99. The Morgan fingerprint density at radius 3 is 1.92 bits per heavy atom. The normalized spacial score (nSPS) is 17.9. The van der Waals surface area contributed by atoms with Crippen molar-refractivity contribution in [2.75, 3.05) is 31.6 Å². The first-order valence-corrected chi connectivity index (χ1v) is 11.1. The number of nitrogens with zero attached hydrogens (tertiary/aromatic N) is 4. The Labute approximate surface area is 216 Å². The summed E-state index contributed by atoms with van der Waals surface area (Å²) in [5, 5.41) is 17.5. The number of carbonyl (C=O) groups is 3. The lowest BCUT2D eigenvalue weighted by Gasteiger charge is -2.52. The maximum atomic E-state index is 12.4. The molecule has 2 aromatic heterocycles. The van der Waals surface area contributed by atoms with E-state index in [4.69, 9.17) is 24.5 Å². The van der Waals surface area contributed by atoms with Crippen LogP contribution in [0.25, 0.3) is 0 Å². The molecule has 11 nitrogen and oxygen atoms in total. The highest BCUT2D eigenvalue weighted by atomic mass is 19.4. The Bertz CT molecular complexity index is 1060. The molecule has 2 aliphatic heterocycles. The van der Waals surface area contributed by atoms with Gasteiger partial charge in [-0.3, -0.25) is 9.78 Å². The summed E-state index contributed by atoms with van der Waals surface area (Å²) >= 11 is 0. The first-order valence-electron chi connectivity index (χ1n) is 11.1. The molecular weight excluding hydrogens is 544 g/mol. The lowest BCUT2D eigenvalue weighted by molar-refractivity contribution is -0.193. The highest BCUT2D eigenvalue weighted by Crippen LogP contribution is 2.36. The molecular formula is C22H23F6N5O6. The lowest BCUT2D eigenvalue weighted by Crippen LogP contribution is -2.66. The van der Waals surface area contributed by atoms with E-state index in [0.29, 0.717) is 37.3 Å². The van der Waals surface area contributed by atoms with E-state index in [2.05, 4.69) is 20.3 Å². The maximum Gasteiger partial charge on any atom is 0.490 e. The van der Waals surface area contributed by atoms with Crippen molar-refractivity contribution in [2.45, 2.75) is 30.8 Å². The van der Waals surface area contributed by atoms with Crippen molar-refractivity contribution in [1.82, 2.24) is 19.9 Å². The zero-order valence-corrected chi connectivity index (χ0v) is 19.9. The van der Waals surface area contributed by atoms with E-state index in [1.54, 1.807) is 30.7 Å². The number of rotatable bonds is 4. The molecule has 1 amide bonds. The molecule has 2 aliphatic rings. The first kappa shape index (κ1) is 31.2. The first-order chi connectivity index (χ1) is 18.1. The fourth-order valence-corrected chi connectivity index (χ4v) is 3.40. The molecule has 2 fully saturated rings. The van der Waals surface area contributed by atoms with Crippen molar-refractivity contribution >= 4 is 23.8 Å². The molecule has 0 radical (unpaired) electrons. The van der Waals surface area contributed by atoms with Crippen molar-refractivity contribution in [2.24, 2.45) is 5.92 Å². The van der Waals surface area contributed by atoms with E-state index < -0.39 is 24.3 Å². The number of hydrogen-bond acceptors (Lipinski definition) is 8. The zero-order valence-electron chi connectivity index (χ0n) is 19.9. The number of aliphatic carboxylic acids is 2. The second kappa shape index (κ2) is 13.2. The van der Waals surface area contributed by atoms with Gasteiger partial charge >= 0.3 is 24.3 Å². The zero-order chi connectivity index (χ0) is 29.3. The van der Waals surface area contributed by atoms with Crippen LogP contribution >= 0.6 is 0 Å². The Morgan fingerprint density at radius 1 is 0.949 bits per heavy atom. The number of likely N-dealkylation sites (tertiary alicyclic amines) is 1. The molecule has 1 unspecified atom stereocenters. The van der Waals surface area contributed by atoms with Gasteiger partial charge in [0.25, 0.3) is 5.91 Å². The number of carbonyl (C=O) groups excluding carboxylic acids is 1. The number of ether oxygens (including phenoxy) is 1. The van der Waals surface area contributed by atoms with Gasteiger partial charge in [0, 0.05) is 25.1 Å². The van der Waals surface area contributed by atoms with E-state index in [1.807, 2.05) is 17.0 Å². The molecule has 1 atom stereocenters. The van der Waals surface area contributed by atoms with Gasteiger partial charge in [-0.2, -0.15) is 26.3 Å². The summed E-state index contributed by atoms with van der Waals surface area (Å²) < 4.78 is 69.6. The average Bonchev–Trinajstić information content (AvgIpc) is 2.87. The summed E-state index contributed by atoms with van der Waals surface area (Å²) in [5.74, 6) is -4.44. The minimum absolute atomic E-state index is 0.0140. The van der Waals surface area contributed by atoms with Crippen LogP contribution in [0.5, 0.6) is 0 Å². The summed E-state index contributed by atoms with van der Waals surface area (Å²) in [6.07, 6.45) is -3.02. The van der Waals surface area contributed by atoms with Crippen LogP contribution < -0.4 is 5.32 Å². The van der Waals surface area contributed by atoms with Crippen molar-refractivity contribution in [3.63, 3.8) is 0 Å². The molecule has 39 heavy (non-hydrogen) atoms. The SMILES string of the molecule is O=C(O)C(F)(F)F.O=C(O)C(F)(F)F.O=C(c1ccccn1)N1CC2(CCC(CNc3ncccn3)CO2)C1. The quantitative estimate of drug-likeness (QED) is 0.470. The summed E-state index contributed by atoms with van der Waals surface area (Å²) in [6.45, 7) is 2.82. The Morgan fingerprint density at radius 2 is 1.49 bits per heavy atom. The van der Waals surface area contributed by atoms with Crippen LogP contribution in [0.3, 0.4) is 0 Å². The molecule has 17 heteroatoms. The van der Waals surface area contributed by atoms with Gasteiger partial charge in [0.2, 0.25) is 5.95 Å². The number of amides is 1. The second-order valence-electron chi connectivity index (χ2n) is 8.33. The van der Waals surface area contributed by atoms with Crippen LogP contribution in [0.15, 0.2) is 42.9 Å². The van der Waals surface area contributed by atoms with E-state index in [9.17, 15) is 31.1 Å². The van der Waals surface area contributed by atoms with E-state index in [0.717, 1.165) is 19.4 Å². The van der Waals surface area contributed by atoms with Gasteiger partial charge < -0.3 is 25.2 Å². The number of anilines is 1. The largest absolute Gasteiger partial charge is 0.490 e. The van der Waals surface area contributed by atoms with Crippen LogP contribution in [-0.4, -0.2) is 92.1 Å². The van der Waals surface area contributed by atoms with E-state index >= 15 is 0 Å². The Balaban J connectivity index is 0.000000317. The molecule has 214 valence electrons. The van der Waals surface area contributed by atoms with Crippen LogP contribution in [0.4, 0.5) is 32.3 Å². The number of nitrogens with one attached hydrogen (secondary N) is 1. The Hall–Kier alpha value is -4.02. The monoisotopic (exact) mass is 567 g/mol. The highest BCUT2D eigenvalue weighted by Gasteiger charge is 2.48. The Kier molecular flexibility index (Phi) is 10.5. The van der Waals surface area contributed by atoms with Gasteiger partial charge in [-0.15, -0.1) is 0 Å². The third-order valence-electron chi connectivity index (χ3n) is 5.36. The second-order valence-corrected chi connectivity index (χ2v) is 8.33. The number of carboxylic acid groups (broad SMARTS) is 2. The fraction of sp³-hybridized carbons (Fsp3) is 0.455. The number of pyridine rings is 1. The number of hydrogen-bond donors (Lipinski definition) is 3. The van der Waals surface area contributed by atoms with Gasteiger partial charge in [0.05, 0.1) is 19.7 Å². The molecule has 0 aromatic carbocycles. The van der Waals surface area contributed by atoms with Crippen LogP contribution in [0.1, 0.15) is 23.3 Å². The molecule has 4 rings (SSSR count). The maximum absolute atomic E-state index is 12.4. The van der Waals surface area contributed by atoms with Crippen molar-refractivity contribution in [1.29, 1.82) is 0 Å². The van der Waals surface area contributed by atoms with Crippen molar-refractivity contribution < 1.29 is 55.7 Å². The molecule has 0 bridgehead atoms. The van der Waals surface area contributed by atoms with Gasteiger partial charge in [-0.1, -0.05) is 6.07 Å². The topological polar surface area (TPSA) is 155 Å². The standard InChI is InChI=1S/C18H21N5O2.2C2HF3O2/c24-16(15-4-1-2-7-19-15)23-12-18(13-23)6-5-14(11-25-18)10-22-17-20-8-3-9-21-17;2*3-2(4,5)1(6)7/h1-4,7-9,14H,5-6,10-13H2,(H,20,21,22);2*(H,6,7). The van der Waals surface area contributed by atoms with Gasteiger partial charge in [0.15, 0.2) is 0 Å². The molecule has 0 saturated carbocycles. The van der Waals surface area contributed by atoms with Crippen LogP contribution in [0.2, 0.25) is 0 Å². The molecule has 2 aromatic rings. The number of alkyl halides is 6. The highest BCUT2D eigenvalue weighted by molar-refractivity contribution is 5.93. The smallest absolute Gasteiger partial charge is 0.475 e. The lowest BCUT2D eigenvalue weighted by atomic mass is 9.82. The van der Waals surface area contributed by atoms with Crippen molar-refractivity contribution in [3.05, 3.63) is 48.5 Å². The van der Waals surface area contributed by atoms with Crippen LogP contribution in [-0.2, 0) is 14.3 Å². The van der Waals surface area contributed by atoms with E-state index in [-0.39, 0.29) is 11.5 Å². The van der Waals surface area contributed by atoms with E-state index in [1.165, 1.54) is 0 Å². The molecule has 4 heterocycles. The summed E-state index contributed by atoms with van der Waals surface area (Å²) in [7, 11) is 0. The van der Waals surface area contributed by atoms with Crippen molar-refractivity contribution in [3.8, 4) is 0 Å². The number of halogens is 6. The average molecular weight is 567 g/mol. The number of aromatic nitrogens is 3. The minimum Gasteiger partial charge on any atom is -0.475 e. The molecule has 3 N–H and O–H groups in total. The van der Waals surface area contributed by atoms with Gasteiger partial charge in [-0.05, 0) is 37.0 Å². The summed E-state index contributed by atoms with van der Waals surface area (Å²) in [4.78, 5) is 44.4. The predicted octanol–water partition coefficient (Wildman–Crippen LogP) is 2.87. The fourth-order valence-electron chi connectivity index (χ4n) is 3.40. The number of carboxylic acids is 2.